The van der Waals surface area contributed by atoms with Crippen LogP contribution in [0.2, 0.25) is 0 Å². The second kappa shape index (κ2) is 9.15. The summed E-state index contributed by atoms with van der Waals surface area (Å²) in [4.78, 5) is 12.9. The molecular weight excluding hydrogens is 360 g/mol. The molecule has 0 aliphatic heterocycles. The zero-order valence-corrected chi connectivity index (χ0v) is 17.1. The Hall–Kier alpha value is -2.18. The van der Waals surface area contributed by atoms with Gasteiger partial charge >= 0.3 is 0 Å². The molecule has 0 spiro atoms. The van der Waals surface area contributed by atoms with Crippen molar-refractivity contribution in [3.05, 3.63) is 65.2 Å². The highest BCUT2D eigenvalue weighted by atomic mass is 32.2. The highest BCUT2D eigenvalue weighted by molar-refractivity contribution is 7.89. The molecule has 2 rings (SSSR count). The van der Waals surface area contributed by atoms with E-state index in [9.17, 15) is 13.2 Å². The van der Waals surface area contributed by atoms with E-state index in [4.69, 9.17) is 0 Å². The predicted octanol–water partition coefficient (Wildman–Crippen LogP) is 3.31. The van der Waals surface area contributed by atoms with Crippen LogP contribution in [0.4, 0.5) is 0 Å². The molecule has 146 valence electrons. The van der Waals surface area contributed by atoms with Crippen molar-refractivity contribution in [3.8, 4) is 0 Å². The van der Waals surface area contributed by atoms with E-state index in [1.54, 1.807) is 24.3 Å². The number of benzene rings is 2. The first-order chi connectivity index (χ1) is 12.7. The molecule has 0 fully saturated rings. The number of carbonyl (C=O) groups excluding carboxylic acids is 1. The number of rotatable bonds is 8. The van der Waals surface area contributed by atoms with E-state index in [1.807, 2.05) is 52.0 Å². The Morgan fingerprint density at radius 1 is 0.963 bits per heavy atom. The van der Waals surface area contributed by atoms with E-state index in [0.717, 1.165) is 16.7 Å². The third-order valence-electron chi connectivity index (χ3n) is 4.70. The summed E-state index contributed by atoms with van der Waals surface area (Å²) >= 11 is 0. The number of amides is 1. The quantitative estimate of drug-likeness (QED) is 0.728. The largest absolute Gasteiger partial charge is 0.351 e. The molecule has 2 unspecified atom stereocenters. The standard InChI is InChI=1S/C21H28N2O3S/c1-5-17(4)20(21(24)22-14-18-10-6-15(2)7-11-18)23-27(25,26)19-12-8-16(3)9-13-19/h6-13,17,20,23H,5,14H2,1-4H3,(H,22,24). The molecule has 0 radical (unpaired) electrons. The average Bonchev–Trinajstić information content (AvgIpc) is 2.65. The van der Waals surface area contributed by atoms with Crippen LogP contribution < -0.4 is 10.0 Å². The molecule has 2 aromatic carbocycles. The number of hydrogen-bond donors (Lipinski definition) is 2. The van der Waals surface area contributed by atoms with Crippen LogP contribution in [0.15, 0.2) is 53.4 Å². The summed E-state index contributed by atoms with van der Waals surface area (Å²) in [5.41, 5.74) is 3.09. The van der Waals surface area contributed by atoms with Crippen molar-refractivity contribution < 1.29 is 13.2 Å². The molecule has 0 aromatic heterocycles. The monoisotopic (exact) mass is 388 g/mol. The lowest BCUT2D eigenvalue weighted by Gasteiger charge is -2.23. The lowest BCUT2D eigenvalue weighted by atomic mass is 9.99. The first kappa shape index (κ1) is 21.1. The van der Waals surface area contributed by atoms with Gasteiger partial charge in [0.15, 0.2) is 0 Å². The SMILES string of the molecule is CCC(C)C(NS(=O)(=O)c1ccc(C)cc1)C(=O)NCc1ccc(C)cc1. The first-order valence-corrected chi connectivity index (χ1v) is 10.6. The van der Waals surface area contributed by atoms with Crippen molar-refractivity contribution in [2.45, 2.75) is 51.6 Å². The predicted molar refractivity (Wildman–Crippen MR) is 108 cm³/mol. The van der Waals surface area contributed by atoms with Gasteiger partial charge < -0.3 is 5.32 Å². The minimum atomic E-state index is -3.78. The first-order valence-electron chi connectivity index (χ1n) is 9.15. The van der Waals surface area contributed by atoms with E-state index in [0.29, 0.717) is 13.0 Å². The highest BCUT2D eigenvalue weighted by Crippen LogP contribution is 2.15. The van der Waals surface area contributed by atoms with Gasteiger partial charge in [0, 0.05) is 6.54 Å². The van der Waals surface area contributed by atoms with Gasteiger partial charge in [-0.3, -0.25) is 4.79 Å². The normalized spacial score (nSPS) is 13.8. The van der Waals surface area contributed by atoms with Crippen LogP contribution in [-0.4, -0.2) is 20.4 Å². The number of nitrogens with one attached hydrogen (secondary N) is 2. The lowest BCUT2D eigenvalue weighted by Crippen LogP contribution is -2.49. The fourth-order valence-electron chi connectivity index (χ4n) is 2.62. The van der Waals surface area contributed by atoms with Crippen molar-refractivity contribution >= 4 is 15.9 Å². The molecule has 0 bridgehead atoms. The van der Waals surface area contributed by atoms with E-state index in [2.05, 4.69) is 10.0 Å². The topological polar surface area (TPSA) is 75.3 Å². The summed E-state index contributed by atoms with van der Waals surface area (Å²) in [5.74, 6) is -0.455. The smallest absolute Gasteiger partial charge is 0.241 e. The molecule has 0 saturated carbocycles. The molecule has 2 aromatic rings. The second-order valence-corrected chi connectivity index (χ2v) is 8.71. The van der Waals surface area contributed by atoms with E-state index in [1.165, 1.54) is 0 Å². The Bertz CT molecular complexity index is 859. The summed E-state index contributed by atoms with van der Waals surface area (Å²) in [6.45, 7) is 8.06. The summed E-state index contributed by atoms with van der Waals surface area (Å²) < 4.78 is 28.0. The van der Waals surface area contributed by atoms with Gasteiger partial charge in [-0.05, 0) is 37.5 Å². The number of carbonyl (C=O) groups is 1. The lowest BCUT2D eigenvalue weighted by molar-refractivity contribution is -0.124. The maximum Gasteiger partial charge on any atom is 0.241 e. The van der Waals surface area contributed by atoms with E-state index >= 15 is 0 Å². The fraction of sp³-hybridized carbons (Fsp3) is 0.381. The Kier molecular flexibility index (Phi) is 7.16. The molecule has 2 atom stereocenters. The van der Waals surface area contributed by atoms with Gasteiger partial charge in [0.1, 0.15) is 6.04 Å². The third kappa shape index (κ3) is 5.91. The van der Waals surface area contributed by atoms with Gasteiger partial charge in [-0.25, -0.2) is 8.42 Å². The Morgan fingerprint density at radius 2 is 1.48 bits per heavy atom. The fourth-order valence-corrected chi connectivity index (χ4v) is 3.93. The van der Waals surface area contributed by atoms with Gasteiger partial charge in [0.2, 0.25) is 15.9 Å². The van der Waals surface area contributed by atoms with Crippen molar-refractivity contribution in [1.29, 1.82) is 0 Å². The second-order valence-electron chi connectivity index (χ2n) is 7.00. The molecule has 0 saturated heterocycles. The number of hydrogen-bond acceptors (Lipinski definition) is 3. The molecule has 27 heavy (non-hydrogen) atoms. The molecule has 0 aliphatic carbocycles. The maximum absolute atomic E-state index is 12.7. The number of sulfonamides is 1. The van der Waals surface area contributed by atoms with Gasteiger partial charge in [-0.2, -0.15) is 4.72 Å². The van der Waals surface area contributed by atoms with Crippen molar-refractivity contribution in [2.75, 3.05) is 0 Å². The zero-order valence-electron chi connectivity index (χ0n) is 16.3. The Balaban J connectivity index is 2.12. The summed E-state index contributed by atoms with van der Waals surface area (Å²) in [5, 5.41) is 2.85. The molecular formula is C21H28N2O3S. The van der Waals surface area contributed by atoms with Crippen LogP contribution in [0.25, 0.3) is 0 Å². The molecule has 2 N–H and O–H groups in total. The van der Waals surface area contributed by atoms with Crippen LogP contribution in [0, 0.1) is 19.8 Å². The van der Waals surface area contributed by atoms with Crippen molar-refractivity contribution in [3.63, 3.8) is 0 Å². The summed E-state index contributed by atoms with van der Waals surface area (Å²) in [6, 6.07) is 13.6. The number of aryl methyl sites for hydroxylation is 2. The Labute approximate surface area is 162 Å². The van der Waals surface area contributed by atoms with Gasteiger partial charge in [0.25, 0.3) is 0 Å². The van der Waals surface area contributed by atoms with Crippen LogP contribution in [0.5, 0.6) is 0 Å². The Morgan fingerprint density at radius 3 is 2.00 bits per heavy atom. The van der Waals surface area contributed by atoms with Gasteiger partial charge in [-0.1, -0.05) is 67.8 Å². The van der Waals surface area contributed by atoms with Gasteiger partial charge in [-0.15, -0.1) is 0 Å². The van der Waals surface area contributed by atoms with Crippen molar-refractivity contribution in [2.24, 2.45) is 5.92 Å². The molecule has 1 amide bonds. The third-order valence-corrected chi connectivity index (χ3v) is 6.15. The highest BCUT2D eigenvalue weighted by Gasteiger charge is 2.29. The van der Waals surface area contributed by atoms with Crippen LogP contribution in [0.1, 0.15) is 37.0 Å². The van der Waals surface area contributed by atoms with Crippen molar-refractivity contribution in [1.82, 2.24) is 10.0 Å². The minimum Gasteiger partial charge on any atom is -0.351 e. The minimum absolute atomic E-state index is 0.136. The molecule has 6 heteroatoms. The molecule has 0 aliphatic rings. The summed E-state index contributed by atoms with van der Waals surface area (Å²) in [7, 11) is -3.78. The molecule has 0 heterocycles. The van der Waals surface area contributed by atoms with Crippen LogP contribution in [-0.2, 0) is 21.4 Å². The zero-order chi connectivity index (χ0) is 20.0. The van der Waals surface area contributed by atoms with Crippen LogP contribution in [0.3, 0.4) is 0 Å². The maximum atomic E-state index is 12.7. The van der Waals surface area contributed by atoms with E-state index < -0.39 is 16.1 Å². The van der Waals surface area contributed by atoms with Gasteiger partial charge in [0.05, 0.1) is 4.90 Å². The molecule has 5 nitrogen and oxygen atoms in total. The summed E-state index contributed by atoms with van der Waals surface area (Å²) in [6.07, 6.45) is 0.680. The van der Waals surface area contributed by atoms with E-state index in [-0.39, 0.29) is 16.7 Å². The van der Waals surface area contributed by atoms with Crippen LogP contribution >= 0.6 is 0 Å². The average molecular weight is 389 g/mol.